The fraction of sp³-hybridized carbons (Fsp3) is 0.308. The van der Waals surface area contributed by atoms with E-state index in [2.05, 4.69) is 10.3 Å². The van der Waals surface area contributed by atoms with E-state index in [1.807, 2.05) is 13.8 Å². The van der Waals surface area contributed by atoms with Crippen LogP contribution in [0.4, 0.5) is 8.78 Å². The number of aryl methyl sites for hydroxylation is 1. The van der Waals surface area contributed by atoms with Crippen molar-refractivity contribution < 1.29 is 8.78 Å². The Bertz CT molecular complexity index is 540. The summed E-state index contributed by atoms with van der Waals surface area (Å²) in [5.41, 5.74) is 0.344. The summed E-state index contributed by atoms with van der Waals surface area (Å²) in [6.45, 7) is 4.35. The SMILES string of the molecule is Cc1ncc(CNC(C)c2cccc(F)c2F)s1. The first-order chi connectivity index (χ1) is 8.58. The lowest BCUT2D eigenvalue weighted by atomic mass is 10.1. The normalized spacial score (nSPS) is 12.7. The minimum atomic E-state index is -0.810. The van der Waals surface area contributed by atoms with Gasteiger partial charge in [-0.2, -0.15) is 0 Å². The molecule has 2 rings (SSSR count). The van der Waals surface area contributed by atoms with Crippen LogP contribution in [0.5, 0.6) is 0 Å². The average Bonchev–Trinajstić information content (AvgIpc) is 2.76. The molecule has 0 amide bonds. The lowest BCUT2D eigenvalue weighted by Crippen LogP contribution is -2.19. The molecule has 1 heterocycles. The summed E-state index contributed by atoms with van der Waals surface area (Å²) in [4.78, 5) is 5.22. The molecule has 0 radical (unpaired) electrons. The zero-order valence-electron chi connectivity index (χ0n) is 10.2. The molecule has 0 saturated heterocycles. The van der Waals surface area contributed by atoms with E-state index >= 15 is 0 Å². The predicted octanol–water partition coefficient (Wildman–Crippen LogP) is 3.58. The largest absolute Gasteiger partial charge is 0.305 e. The van der Waals surface area contributed by atoms with Gasteiger partial charge < -0.3 is 5.32 Å². The number of nitrogens with one attached hydrogen (secondary N) is 1. The van der Waals surface area contributed by atoms with Crippen LogP contribution in [-0.2, 0) is 6.54 Å². The van der Waals surface area contributed by atoms with Crippen LogP contribution in [0.25, 0.3) is 0 Å². The third-order valence-electron chi connectivity index (χ3n) is 2.70. The van der Waals surface area contributed by atoms with E-state index in [1.54, 1.807) is 23.6 Å². The Morgan fingerprint density at radius 2 is 2.17 bits per heavy atom. The smallest absolute Gasteiger partial charge is 0.163 e. The molecular weight excluding hydrogens is 254 g/mol. The molecule has 0 aliphatic rings. The van der Waals surface area contributed by atoms with Crippen molar-refractivity contribution >= 4 is 11.3 Å². The first-order valence-electron chi connectivity index (χ1n) is 5.66. The number of benzene rings is 1. The van der Waals surface area contributed by atoms with E-state index in [-0.39, 0.29) is 6.04 Å². The van der Waals surface area contributed by atoms with Crippen LogP contribution in [0.2, 0.25) is 0 Å². The third kappa shape index (κ3) is 2.91. The van der Waals surface area contributed by atoms with E-state index in [9.17, 15) is 8.78 Å². The predicted molar refractivity (Wildman–Crippen MR) is 68.5 cm³/mol. The highest BCUT2D eigenvalue weighted by Gasteiger charge is 2.13. The number of aromatic nitrogens is 1. The Morgan fingerprint density at radius 1 is 1.39 bits per heavy atom. The molecular formula is C13H14F2N2S. The first-order valence-corrected chi connectivity index (χ1v) is 6.48. The Morgan fingerprint density at radius 3 is 2.83 bits per heavy atom. The fourth-order valence-corrected chi connectivity index (χ4v) is 2.45. The van der Waals surface area contributed by atoms with Gasteiger partial charge in [0.2, 0.25) is 0 Å². The quantitative estimate of drug-likeness (QED) is 0.916. The van der Waals surface area contributed by atoms with Gasteiger partial charge in [0.1, 0.15) is 0 Å². The van der Waals surface area contributed by atoms with E-state index < -0.39 is 11.6 Å². The number of hydrogen-bond acceptors (Lipinski definition) is 3. The number of hydrogen-bond donors (Lipinski definition) is 1. The molecule has 0 bridgehead atoms. The number of halogens is 2. The van der Waals surface area contributed by atoms with Crippen molar-refractivity contribution in [3.63, 3.8) is 0 Å². The standard InChI is InChI=1S/C13H14F2N2S/c1-8(11-4-3-5-12(14)13(11)15)16-6-10-7-17-9(2)18-10/h3-5,7-8,16H,6H2,1-2H3. The van der Waals surface area contributed by atoms with Crippen LogP contribution in [-0.4, -0.2) is 4.98 Å². The summed E-state index contributed by atoms with van der Waals surface area (Å²) in [7, 11) is 0. The van der Waals surface area contributed by atoms with Crippen molar-refractivity contribution in [3.05, 3.63) is 51.5 Å². The maximum absolute atomic E-state index is 13.6. The maximum Gasteiger partial charge on any atom is 0.163 e. The summed E-state index contributed by atoms with van der Waals surface area (Å²) >= 11 is 1.59. The van der Waals surface area contributed by atoms with E-state index in [1.165, 1.54) is 6.07 Å². The Hall–Kier alpha value is -1.33. The zero-order chi connectivity index (χ0) is 13.1. The molecule has 1 aromatic heterocycles. The molecule has 0 aliphatic heterocycles. The topological polar surface area (TPSA) is 24.9 Å². The van der Waals surface area contributed by atoms with Gasteiger partial charge in [0, 0.05) is 29.2 Å². The molecule has 0 spiro atoms. The second-order valence-corrected chi connectivity index (χ2v) is 5.41. The maximum atomic E-state index is 13.6. The molecule has 0 fully saturated rings. The molecule has 0 aliphatic carbocycles. The van der Waals surface area contributed by atoms with Crippen molar-refractivity contribution in [2.45, 2.75) is 26.4 Å². The van der Waals surface area contributed by atoms with Gasteiger partial charge in [0.05, 0.1) is 5.01 Å². The first kappa shape index (κ1) is 13.1. The summed E-state index contributed by atoms with van der Waals surface area (Å²) in [5, 5.41) is 4.16. The minimum absolute atomic E-state index is 0.247. The number of thiazole rings is 1. The third-order valence-corrected chi connectivity index (χ3v) is 3.61. The average molecular weight is 268 g/mol. The molecule has 1 aromatic carbocycles. The van der Waals surface area contributed by atoms with Crippen LogP contribution in [0.1, 0.15) is 28.4 Å². The second-order valence-electron chi connectivity index (χ2n) is 4.09. The van der Waals surface area contributed by atoms with Crippen LogP contribution in [0, 0.1) is 18.6 Å². The van der Waals surface area contributed by atoms with Gasteiger partial charge in [-0.25, -0.2) is 13.8 Å². The highest BCUT2D eigenvalue weighted by molar-refractivity contribution is 7.11. The number of rotatable bonds is 4. The molecule has 0 saturated carbocycles. The van der Waals surface area contributed by atoms with E-state index in [4.69, 9.17) is 0 Å². The Kier molecular flexibility index (Phi) is 4.04. The van der Waals surface area contributed by atoms with Gasteiger partial charge in [-0.05, 0) is 19.9 Å². The van der Waals surface area contributed by atoms with Crippen molar-refractivity contribution in [3.8, 4) is 0 Å². The van der Waals surface area contributed by atoms with Gasteiger partial charge in [-0.3, -0.25) is 0 Å². The highest BCUT2D eigenvalue weighted by atomic mass is 32.1. The molecule has 2 nitrogen and oxygen atoms in total. The van der Waals surface area contributed by atoms with Crippen LogP contribution < -0.4 is 5.32 Å². The van der Waals surface area contributed by atoms with Gasteiger partial charge in [-0.15, -0.1) is 11.3 Å². The van der Waals surface area contributed by atoms with Gasteiger partial charge in [0.25, 0.3) is 0 Å². The Balaban J connectivity index is 2.03. The lowest BCUT2D eigenvalue weighted by Gasteiger charge is -2.14. The molecule has 2 aromatic rings. The Labute approximate surface area is 109 Å². The molecule has 1 unspecified atom stereocenters. The van der Waals surface area contributed by atoms with Crippen LogP contribution in [0.3, 0.4) is 0 Å². The van der Waals surface area contributed by atoms with Crippen LogP contribution >= 0.6 is 11.3 Å². The summed E-state index contributed by atoms with van der Waals surface area (Å²) in [6, 6.07) is 3.98. The van der Waals surface area contributed by atoms with Gasteiger partial charge >= 0.3 is 0 Å². The summed E-state index contributed by atoms with van der Waals surface area (Å²) in [6.07, 6.45) is 1.79. The van der Waals surface area contributed by atoms with Gasteiger partial charge in [-0.1, -0.05) is 12.1 Å². The molecule has 18 heavy (non-hydrogen) atoms. The van der Waals surface area contributed by atoms with Crippen molar-refractivity contribution in [2.75, 3.05) is 0 Å². The second kappa shape index (κ2) is 5.54. The van der Waals surface area contributed by atoms with Crippen molar-refractivity contribution in [1.82, 2.24) is 10.3 Å². The van der Waals surface area contributed by atoms with Crippen molar-refractivity contribution in [2.24, 2.45) is 0 Å². The summed E-state index contributed by atoms with van der Waals surface area (Å²) in [5.74, 6) is -1.59. The van der Waals surface area contributed by atoms with Gasteiger partial charge in [0.15, 0.2) is 11.6 Å². The number of nitrogens with zero attached hydrogens (tertiary/aromatic N) is 1. The molecule has 5 heteroatoms. The minimum Gasteiger partial charge on any atom is -0.305 e. The fourth-order valence-electron chi connectivity index (χ4n) is 1.71. The monoisotopic (exact) mass is 268 g/mol. The lowest BCUT2D eigenvalue weighted by molar-refractivity contribution is 0.473. The highest BCUT2D eigenvalue weighted by Crippen LogP contribution is 2.20. The van der Waals surface area contributed by atoms with Crippen molar-refractivity contribution in [1.29, 1.82) is 0 Å². The molecule has 1 N–H and O–H groups in total. The molecule has 96 valence electrons. The van der Waals surface area contributed by atoms with Crippen LogP contribution in [0.15, 0.2) is 24.4 Å². The molecule has 1 atom stereocenters. The van der Waals surface area contributed by atoms with E-state index in [0.717, 1.165) is 16.0 Å². The summed E-state index contributed by atoms with van der Waals surface area (Å²) < 4.78 is 26.7. The van der Waals surface area contributed by atoms with E-state index in [0.29, 0.717) is 12.1 Å². The zero-order valence-corrected chi connectivity index (χ0v) is 11.0.